The maximum Gasteiger partial charge on any atom is 0.291 e. The standard InChI is InChI=1S/C26H40N6O3/c1-4-20(5-2)23(35-3)11-14-32-24(25(34)30-12-6-7-13-30)27-28-26(32)31-17-15-29(16-18-31)21-9-8-10-22(33)19-21/h8-10,19-20,23,33H,4-7,11-18H2,1-3H3. The summed E-state index contributed by atoms with van der Waals surface area (Å²) in [6, 6.07) is 7.38. The summed E-state index contributed by atoms with van der Waals surface area (Å²) in [6.07, 6.45) is 5.19. The molecule has 1 atom stereocenters. The van der Waals surface area contributed by atoms with Crippen molar-refractivity contribution in [3.05, 3.63) is 30.1 Å². The van der Waals surface area contributed by atoms with Gasteiger partial charge in [0.2, 0.25) is 11.8 Å². The van der Waals surface area contributed by atoms with Crippen molar-refractivity contribution in [2.75, 3.05) is 56.2 Å². The molecule has 2 fully saturated rings. The van der Waals surface area contributed by atoms with E-state index < -0.39 is 0 Å². The van der Waals surface area contributed by atoms with Crippen LogP contribution in [0.5, 0.6) is 5.75 Å². The molecule has 1 unspecified atom stereocenters. The van der Waals surface area contributed by atoms with Gasteiger partial charge in [-0.05, 0) is 37.3 Å². The van der Waals surface area contributed by atoms with Crippen LogP contribution in [0.2, 0.25) is 0 Å². The molecule has 35 heavy (non-hydrogen) atoms. The molecular formula is C26H40N6O3. The van der Waals surface area contributed by atoms with Gasteiger partial charge in [-0.1, -0.05) is 32.8 Å². The summed E-state index contributed by atoms with van der Waals surface area (Å²) in [4.78, 5) is 19.7. The fourth-order valence-electron chi connectivity index (χ4n) is 5.43. The van der Waals surface area contributed by atoms with Gasteiger partial charge in [0.1, 0.15) is 5.75 Å². The second-order valence-electron chi connectivity index (χ2n) is 9.61. The Kier molecular flexibility index (Phi) is 8.49. The third-order valence-electron chi connectivity index (χ3n) is 7.59. The molecule has 0 aliphatic carbocycles. The molecule has 1 aromatic heterocycles. The van der Waals surface area contributed by atoms with Crippen molar-refractivity contribution in [2.24, 2.45) is 5.92 Å². The van der Waals surface area contributed by atoms with Crippen LogP contribution in [0.15, 0.2) is 24.3 Å². The fraction of sp³-hybridized carbons (Fsp3) is 0.654. The summed E-state index contributed by atoms with van der Waals surface area (Å²) in [5, 5.41) is 18.8. The maximum atomic E-state index is 13.3. The Hall–Kier alpha value is -2.81. The molecule has 0 spiro atoms. The van der Waals surface area contributed by atoms with Crippen LogP contribution in [-0.2, 0) is 11.3 Å². The molecule has 0 radical (unpaired) electrons. The number of phenols is 1. The predicted octanol–water partition coefficient (Wildman–Crippen LogP) is 3.39. The maximum absolute atomic E-state index is 13.3. The van der Waals surface area contributed by atoms with Crippen LogP contribution in [0, 0.1) is 5.92 Å². The molecule has 2 aliphatic heterocycles. The smallest absolute Gasteiger partial charge is 0.291 e. The number of benzene rings is 1. The number of likely N-dealkylation sites (tertiary alicyclic amines) is 1. The van der Waals surface area contributed by atoms with E-state index in [-0.39, 0.29) is 17.8 Å². The summed E-state index contributed by atoms with van der Waals surface area (Å²) < 4.78 is 7.89. The van der Waals surface area contributed by atoms with E-state index in [0.717, 1.165) is 83.0 Å². The average molecular weight is 485 g/mol. The Morgan fingerprint density at radius 2 is 1.71 bits per heavy atom. The number of hydrogen-bond acceptors (Lipinski definition) is 7. The van der Waals surface area contributed by atoms with Crippen LogP contribution in [0.3, 0.4) is 0 Å². The van der Waals surface area contributed by atoms with Gasteiger partial charge in [-0.3, -0.25) is 9.36 Å². The lowest BCUT2D eigenvalue weighted by Gasteiger charge is -2.36. The molecule has 2 aromatic rings. The third-order valence-corrected chi connectivity index (χ3v) is 7.59. The molecule has 9 heteroatoms. The van der Waals surface area contributed by atoms with Crippen LogP contribution in [0.1, 0.15) is 56.6 Å². The number of hydrogen-bond donors (Lipinski definition) is 1. The van der Waals surface area contributed by atoms with Gasteiger partial charge < -0.3 is 24.5 Å². The quantitative estimate of drug-likeness (QED) is 0.553. The lowest BCUT2D eigenvalue weighted by atomic mass is 9.94. The molecule has 3 heterocycles. The molecular weight excluding hydrogens is 444 g/mol. The molecule has 4 rings (SSSR count). The van der Waals surface area contributed by atoms with Crippen molar-refractivity contribution in [1.82, 2.24) is 19.7 Å². The highest BCUT2D eigenvalue weighted by molar-refractivity contribution is 5.91. The Labute approximate surface area is 208 Å². The zero-order valence-electron chi connectivity index (χ0n) is 21.4. The van der Waals surface area contributed by atoms with Crippen molar-refractivity contribution in [3.8, 4) is 5.75 Å². The second-order valence-corrected chi connectivity index (χ2v) is 9.61. The Bertz CT molecular complexity index is 962. The van der Waals surface area contributed by atoms with E-state index >= 15 is 0 Å². The summed E-state index contributed by atoms with van der Waals surface area (Å²) in [6.45, 7) is 9.80. The lowest BCUT2D eigenvalue weighted by Crippen LogP contribution is -2.47. The molecule has 1 N–H and O–H groups in total. The van der Waals surface area contributed by atoms with Crippen molar-refractivity contribution < 1.29 is 14.6 Å². The first-order chi connectivity index (χ1) is 17.0. The molecule has 0 saturated carbocycles. The van der Waals surface area contributed by atoms with E-state index in [1.54, 1.807) is 19.2 Å². The van der Waals surface area contributed by atoms with E-state index in [0.29, 0.717) is 18.3 Å². The largest absolute Gasteiger partial charge is 0.508 e. The van der Waals surface area contributed by atoms with Crippen LogP contribution < -0.4 is 9.80 Å². The number of nitrogens with zero attached hydrogens (tertiary/aromatic N) is 6. The molecule has 9 nitrogen and oxygen atoms in total. The topological polar surface area (TPSA) is 87.0 Å². The van der Waals surface area contributed by atoms with Gasteiger partial charge in [0, 0.05) is 64.7 Å². The molecule has 192 valence electrons. The molecule has 1 amide bonds. The second kappa shape index (κ2) is 11.7. The van der Waals surface area contributed by atoms with Crippen molar-refractivity contribution >= 4 is 17.5 Å². The third kappa shape index (κ3) is 5.72. The van der Waals surface area contributed by atoms with Gasteiger partial charge in [0.05, 0.1) is 6.10 Å². The first kappa shape index (κ1) is 25.3. The van der Waals surface area contributed by atoms with E-state index in [4.69, 9.17) is 4.74 Å². The van der Waals surface area contributed by atoms with Gasteiger partial charge in [-0.25, -0.2) is 0 Å². The number of methoxy groups -OCH3 is 1. The van der Waals surface area contributed by atoms with E-state index in [9.17, 15) is 9.90 Å². The van der Waals surface area contributed by atoms with Gasteiger partial charge in [0.25, 0.3) is 5.91 Å². The van der Waals surface area contributed by atoms with Crippen molar-refractivity contribution in [2.45, 2.75) is 58.6 Å². The van der Waals surface area contributed by atoms with Crippen molar-refractivity contribution in [1.29, 1.82) is 0 Å². The number of rotatable bonds is 10. The minimum atomic E-state index is -0.0175. The Morgan fingerprint density at radius 3 is 2.34 bits per heavy atom. The Morgan fingerprint density at radius 1 is 1.03 bits per heavy atom. The number of piperazine rings is 1. The first-order valence-corrected chi connectivity index (χ1v) is 13.1. The molecule has 0 bridgehead atoms. The van der Waals surface area contributed by atoms with Crippen LogP contribution in [0.25, 0.3) is 0 Å². The van der Waals surface area contributed by atoms with Crippen molar-refractivity contribution in [3.63, 3.8) is 0 Å². The molecule has 1 aromatic carbocycles. The number of amides is 1. The highest BCUT2D eigenvalue weighted by Gasteiger charge is 2.30. The SMILES string of the molecule is CCC(CC)C(CCn1c(C(=O)N2CCCC2)nnc1N1CCN(c2cccc(O)c2)CC1)OC. The number of ether oxygens (including phenoxy) is 1. The summed E-state index contributed by atoms with van der Waals surface area (Å²) in [7, 11) is 1.78. The van der Waals surface area contributed by atoms with E-state index in [2.05, 4.69) is 33.8 Å². The van der Waals surface area contributed by atoms with Gasteiger partial charge >= 0.3 is 0 Å². The minimum absolute atomic E-state index is 0.0175. The predicted molar refractivity (Wildman–Crippen MR) is 137 cm³/mol. The number of anilines is 2. The van der Waals surface area contributed by atoms with Crippen LogP contribution in [0.4, 0.5) is 11.6 Å². The lowest BCUT2D eigenvalue weighted by molar-refractivity contribution is 0.0385. The number of phenolic OH excluding ortho intramolecular Hbond substituents is 1. The van der Waals surface area contributed by atoms with Gasteiger partial charge in [-0.2, -0.15) is 0 Å². The van der Waals surface area contributed by atoms with Crippen LogP contribution in [-0.4, -0.2) is 83.2 Å². The summed E-state index contributed by atoms with van der Waals surface area (Å²) >= 11 is 0. The molecule has 2 aliphatic rings. The number of aromatic nitrogens is 3. The average Bonchev–Trinajstić information content (AvgIpc) is 3.57. The monoisotopic (exact) mass is 484 g/mol. The zero-order chi connectivity index (χ0) is 24.8. The Balaban J connectivity index is 1.52. The van der Waals surface area contributed by atoms with Gasteiger partial charge in [0.15, 0.2) is 0 Å². The fourth-order valence-corrected chi connectivity index (χ4v) is 5.43. The number of carbonyl (C=O) groups excluding carboxylic acids is 1. The van der Waals surface area contributed by atoms with Gasteiger partial charge in [-0.15, -0.1) is 10.2 Å². The summed E-state index contributed by atoms with van der Waals surface area (Å²) in [5.74, 6) is 1.96. The number of carbonyl (C=O) groups is 1. The molecule has 2 saturated heterocycles. The normalized spacial score (nSPS) is 17.4. The van der Waals surface area contributed by atoms with Crippen LogP contribution >= 0.6 is 0 Å². The summed E-state index contributed by atoms with van der Waals surface area (Å²) in [5.41, 5.74) is 1.02. The minimum Gasteiger partial charge on any atom is -0.508 e. The van der Waals surface area contributed by atoms with E-state index in [1.165, 1.54) is 0 Å². The zero-order valence-corrected chi connectivity index (χ0v) is 21.4. The number of aromatic hydroxyl groups is 1. The van der Waals surface area contributed by atoms with E-state index in [1.807, 2.05) is 21.6 Å². The highest BCUT2D eigenvalue weighted by atomic mass is 16.5. The highest BCUT2D eigenvalue weighted by Crippen LogP contribution is 2.26. The first-order valence-electron chi connectivity index (χ1n) is 13.1.